The summed E-state index contributed by atoms with van der Waals surface area (Å²) in [7, 11) is 0. The number of hydrogen-bond donors (Lipinski definition) is 2. The number of aryl methyl sites for hydroxylation is 1. The quantitative estimate of drug-likeness (QED) is 0.815. The molecule has 1 amide bonds. The molecule has 78 valence electrons. The van der Waals surface area contributed by atoms with E-state index in [2.05, 4.69) is 24.3 Å². The first kappa shape index (κ1) is 9.78. The van der Waals surface area contributed by atoms with Gasteiger partial charge in [-0.25, -0.2) is 0 Å². The Labute approximate surface area is 90.1 Å². The van der Waals surface area contributed by atoms with Gasteiger partial charge < -0.3 is 5.32 Å². The summed E-state index contributed by atoms with van der Waals surface area (Å²) in [5.74, 6) is 0.211. The molecule has 15 heavy (non-hydrogen) atoms. The molecule has 6 nitrogen and oxygen atoms in total. The predicted octanol–water partition coefficient (Wildman–Crippen LogP) is 1.08. The highest BCUT2D eigenvalue weighted by atomic mass is 32.1. The molecule has 7 heteroatoms. The zero-order chi connectivity index (χ0) is 10.7. The van der Waals surface area contributed by atoms with Crippen LogP contribution in [0.25, 0.3) is 0 Å². The SMILES string of the molecule is CCc1cc(NC(=O)c2cnsn2)n[nH]1. The minimum atomic E-state index is -0.294. The van der Waals surface area contributed by atoms with Crippen LogP contribution in [0.1, 0.15) is 23.1 Å². The van der Waals surface area contributed by atoms with Gasteiger partial charge in [0.15, 0.2) is 11.5 Å². The molecule has 0 fully saturated rings. The lowest BCUT2D eigenvalue weighted by molar-refractivity contribution is 0.102. The van der Waals surface area contributed by atoms with Crippen molar-refractivity contribution in [1.29, 1.82) is 0 Å². The van der Waals surface area contributed by atoms with Crippen LogP contribution >= 0.6 is 11.7 Å². The van der Waals surface area contributed by atoms with E-state index in [1.165, 1.54) is 6.20 Å². The second-order valence-electron chi connectivity index (χ2n) is 2.88. The second-order valence-corrected chi connectivity index (χ2v) is 3.44. The number of nitrogens with zero attached hydrogens (tertiary/aromatic N) is 3. The first-order valence-corrected chi connectivity index (χ1v) is 5.16. The maximum atomic E-state index is 11.5. The van der Waals surface area contributed by atoms with Crippen LogP contribution in [0.4, 0.5) is 5.82 Å². The van der Waals surface area contributed by atoms with Crippen LogP contribution in [0.15, 0.2) is 12.3 Å². The number of amides is 1. The van der Waals surface area contributed by atoms with E-state index in [9.17, 15) is 4.79 Å². The highest BCUT2D eigenvalue weighted by molar-refractivity contribution is 6.99. The van der Waals surface area contributed by atoms with Crippen molar-refractivity contribution < 1.29 is 4.79 Å². The van der Waals surface area contributed by atoms with Crippen LogP contribution in [-0.4, -0.2) is 24.9 Å². The summed E-state index contributed by atoms with van der Waals surface area (Å²) in [5, 5.41) is 9.36. The largest absolute Gasteiger partial charge is 0.304 e. The van der Waals surface area contributed by atoms with Gasteiger partial charge in [0.2, 0.25) is 0 Å². The summed E-state index contributed by atoms with van der Waals surface area (Å²) in [4.78, 5) is 11.5. The van der Waals surface area contributed by atoms with Gasteiger partial charge in [-0.2, -0.15) is 13.8 Å². The molecule has 0 aliphatic rings. The third kappa shape index (κ3) is 2.18. The van der Waals surface area contributed by atoms with E-state index in [0.29, 0.717) is 11.5 Å². The number of H-pyrrole nitrogens is 1. The molecule has 0 atom stereocenters. The average molecular weight is 223 g/mol. The molecule has 2 heterocycles. The number of rotatable bonds is 3. The Bertz CT molecular complexity index is 449. The topological polar surface area (TPSA) is 83.6 Å². The van der Waals surface area contributed by atoms with E-state index >= 15 is 0 Å². The van der Waals surface area contributed by atoms with Crippen LogP contribution < -0.4 is 5.32 Å². The summed E-state index contributed by atoms with van der Waals surface area (Å²) in [5.41, 5.74) is 1.28. The molecule has 0 saturated heterocycles. The number of carbonyl (C=O) groups is 1. The molecule has 0 spiro atoms. The van der Waals surface area contributed by atoms with Gasteiger partial charge in [0.1, 0.15) is 0 Å². The number of hydrogen-bond acceptors (Lipinski definition) is 5. The molecule has 2 rings (SSSR count). The fourth-order valence-corrected chi connectivity index (χ4v) is 1.46. The van der Waals surface area contributed by atoms with E-state index in [4.69, 9.17) is 0 Å². The standard InChI is InChI=1S/C8H9N5OS/c1-2-5-3-7(12-11-5)10-8(14)6-4-9-15-13-6/h3-4H,2H2,1H3,(H2,10,11,12,14). The van der Waals surface area contributed by atoms with Crippen LogP contribution in [0, 0.1) is 0 Å². The lowest BCUT2D eigenvalue weighted by atomic mass is 10.3. The molecular weight excluding hydrogens is 214 g/mol. The van der Waals surface area contributed by atoms with Crippen molar-refractivity contribution in [3.05, 3.63) is 23.7 Å². The molecule has 2 aromatic heterocycles. The van der Waals surface area contributed by atoms with Crippen molar-refractivity contribution in [3.8, 4) is 0 Å². The van der Waals surface area contributed by atoms with Gasteiger partial charge in [-0.3, -0.25) is 9.89 Å². The third-order valence-corrected chi connectivity index (χ3v) is 2.33. The Balaban J connectivity index is 2.06. The Morgan fingerprint density at radius 1 is 1.67 bits per heavy atom. The Morgan fingerprint density at radius 3 is 3.13 bits per heavy atom. The molecule has 2 aromatic rings. The monoisotopic (exact) mass is 223 g/mol. The van der Waals surface area contributed by atoms with Crippen LogP contribution in [0.3, 0.4) is 0 Å². The summed E-state index contributed by atoms with van der Waals surface area (Å²) in [6.07, 6.45) is 2.27. The van der Waals surface area contributed by atoms with E-state index in [0.717, 1.165) is 23.8 Å². The summed E-state index contributed by atoms with van der Waals surface area (Å²) in [6.45, 7) is 2.00. The van der Waals surface area contributed by atoms with Gasteiger partial charge in [-0.05, 0) is 6.42 Å². The smallest absolute Gasteiger partial charge is 0.278 e. The van der Waals surface area contributed by atoms with Crippen molar-refractivity contribution in [2.24, 2.45) is 0 Å². The van der Waals surface area contributed by atoms with Crippen molar-refractivity contribution in [3.63, 3.8) is 0 Å². The molecule has 0 aliphatic heterocycles. The average Bonchev–Trinajstić information content (AvgIpc) is 2.87. The molecule has 2 N–H and O–H groups in total. The maximum absolute atomic E-state index is 11.5. The Hall–Kier alpha value is -1.76. The highest BCUT2D eigenvalue weighted by Crippen LogP contribution is 2.07. The fraction of sp³-hybridized carbons (Fsp3) is 0.250. The zero-order valence-corrected chi connectivity index (χ0v) is 8.84. The molecule has 0 bridgehead atoms. The predicted molar refractivity (Wildman–Crippen MR) is 55.8 cm³/mol. The third-order valence-electron chi connectivity index (χ3n) is 1.85. The van der Waals surface area contributed by atoms with Gasteiger partial charge in [0.25, 0.3) is 5.91 Å². The number of anilines is 1. The molecule has 0 aromatic carbocycles. The number of nitrogens with one attached hydrogen (secondary N) is 2. The lowest BCUT2D eigenvalue weighted by Crippen LogP contribution is -2.12. The van der Waals surface area contributed by atoms with Crippen molar-refractivity contribution >= 4 is 23.5 Å². The van der Waals surface area contributed by atoms with Crippen molar-refractivity contribution in [2.75, 3.05) is 5.32 Å². The summed E-state index contributed by atoms with van der Waals surface area (Å²) in [6, 6.07) is 1.79. The first-order chi connectivity index (χ1) is 7.29. The number of aromatic nitrogens is 4. The van der Waals surface area contributed by atoms with Gasteiger partial charge in [-0.1, -0.05) is 6.92 Å². The molecule has 0 unspecified atom stereocenters. The Morgan fingerprint density at radius 2 is 2.53 bits per heavy atom. The van der Waals surface area contributed by atoms with Crippen LogP contribution in [0.5, 0.6) is 0 Å². The zero-order valence-electron chi connectivity index (χ0n) is 8.02. The lowest BCUT2D eigenvalue weighted by Gasteiger charge is -1.95. The van der Waals surface area contributed by atoms with E-state index in [-0.39, 0.29) is 5.91 Å². The van der Waals surface area contributed by atoms with E-state index in [1.54, 1.807) is 6.07 Å². The minimum absolute atomic E-state index is 0.294. The van der Waals surface area contributed by atoms with Gasteiger partial charge >= 0.3 is 0 Å². The summed E-state index contributed by atoms with van der Waals surface area (Å²) >= 11 is 0.999. The van der Waals surface area contributed by atoms with Crippen LogP contribution in [-0.2, 0) is 6.42 Å². The van der Waals surface area contributed by atoms with E-state index in [1.807, 2.05) is 6.92 Å². The number of aromatic amines is 1. The van der Waals surface area contributed by atoms with Crippen molar-refractivity contribution in [1.82, 2.24) is 18.9 Å². The molecule has 0 aliphatic carbocycles. The maximum Gasteiger partial charge on any atom is 0.278 e. The molecule has 0 radical (unpaired) electrons. The van der Waals surface area contributed by atoms with Crippen LogP contribution in [0.2, 0.25) is 0 Å². The molecular formula is C8H9N5OS. The normalized spacial score (nSPS) is 10.2. The minimum Gasteiger partial charge on any atom is -0.304 e. The molecule has 0 saturated carbocycles. The van der Waals surface area contributed by atoms with Crippen molar-refractivity contribution in [2.45, 2.75) is 13.3 Å². The first-order valence-electron chi connectivity index (χ1n) is 4.42. The van der Waals surface area contributed by atoms with Gasteiger partial charge in [0.05, 0.1) is 17.9 Å². The Kier molecular flexibility index (Phi) is 2.72. The second kappa shape index (κ2) is 4.18. The summed E-state index contributed by atoms with van der Waals surface area (Å²) < 4.78 is 7.57. The van der Waals surface area contributed by atoms with E-state index < -0.39 is 0 Å². The van der Waals surface area contributed by atoms with Gasteiger partial charge in [-0.15, -0.1) is 0 Å². The fourth-order valence-electron chi connectivity index (χ4n) is 1.05. The highest BCUT2D eigenvalue weighted by Gasteiger charge is 2.10. The number of carbonyl (C=O) groups excluding carboxylic acids is 1. The van der Waals surface area contributed by atoms with Gasteiger partial charge in [0, 0.05) is 11.8 Å².